The van der Waals surface area contributed by atoms with Crippen LogP contribution in [0, 0.1) is 0 Å². The number of nitrogens with zero attached hydrogens (tertiary/aromatic N) is 1. The molecule has 0 aliphatic carbocycles. The number of benzene rings is 1. The van der Waals surface area contributed by atoms with E-state index in [1.165, 1.54) is 7.05 Å². The minimum atomic E-state index is -1.15. The molecular formula is C17H25N3O4. The summed E-state index contributed by atoms with van der Waals surface area (Å²) in [6.45, 7) is 2.11. The number of likely N-dealkylation sites (N-methyl/N-ethyl adjacent to an activating group) is 1. The van der Waals surface area contributed by atoms with Gasteiger partial charge >= 0.3 is 5.97 Å². The number of amides is 2. The highest BCUT2D eigenvalue weighted by molar-refractivity contribution is 5.92. The quantitative estimate of drug-likeness (QED) is 0.604. The van der Waals surface area contributed by atoms with Crippen LogP contribution >= 0.6 is 0 Å². The van der Waals surface area contributed by atoms with Gasteiger partial charge in [-0.15, -0.1) is 0 Å². The number of carboxylic acids is 1. The topological polar surface area (TPSA) is 113 Å². The van der Waals surface area contributed by atoms with E-state index in [-0.39, 0.29) is 0 Å². The molecule has 1 rings (SSSR count). The van der Waals surface area contributed by atoms with Crippen molar-refractivity contribution in [3.05, 3.63) is 35.9 Å². The minimum Gasteiger partial charge on any atom is -0.481 e. The lowest BCUT2D eigenvalue weighted by molar-refractivity contribution is -0.146. The first-order valence-electron chi connectivity index (χ1n) is 7.92. The minimum absolute atomic E-state index is 0.362. The zero-order chi connectivity index (χ0) is 18.1. The molecule has 4 N–H and O–H groups in total. The van der Waals surface area contributed by atoms with Gasteiger partial charge < -0.3 is 21.1 Å². The number of hydrogen-bond donors (Lipinski definition) is 3. The molecule has 2 unspecified atom stereocenters. The Morgan fingerprint density at radius 3 is 2.42 bits per heavy atom. The summed E-state index contributed by atoms with van der Waals surface area (Å²) in [7, 11) is 1.40. The summed E-state index contributed by atoms with van der Waals surface area (Å²) >= 11 is 0. The molecule has 2 atom stereocenters. The van der Waals surface area contributed by atoms with Gasteiger partial charge in [0, 0.05) is 13.6 Å². The van der Waals surface area contributed by atoms with Crippen molar-refractivity contribution in [2.75, 3.05) is 13.6 Å². The van der Waals surface area contributed by atoms with Crippen LogP contribution in [0.3, 0.4) is 0 Å². The average molecular weight is 335 g/mol. The van der Waals surface area contributed by atoms with Crippen molar-refractivity contribution in [1.82, 2.24) is 10.2 Å². The van der Waals surface area contributed by atoms with Gasteiger partial charge in [0.2, 0.25) is 11.8 Å². The van der Waals surface area contributed by atoms with Crippen molar-refractivity contribution in [3.63, 3.8) is 0 Å². The molecule has 0 fully saturated rings. The van der Waals surface area contributed by atoms with Gasteiger partial charge in [-0.05, 0) is 18.4 Å². The lowest BCUT2D eigenvalue weighted by Crippen LogP contribution is -2.53. The third kappa shape index (κ3) is 6.00. The first kappa shape index (κ1) is 19.6. The number of carbonyl (C=O) groups excluding carboxylic acids is 2. The number of hydrogen-bond acceptors (Lipinski definition) is 4. The smallest absolute Gasteiger partial charge is 0.305 e. The fraction of sp³-hybridized carbons (Fsp3) is 0.471. The highest BCUT2D eigenvalue weighted by atomic mass is 16.4. The van der Waals surface area contributed by atoms with Gasteiger partial charge in [0.1, 0.15) is 6.04 Å². The van der Waals surface area contributed by atoms with E-state index >= 15 is 0 Å². The Bertz CT molecular complexity index is 562. The van der Waals surface area contributed by atoms with Crippen LogP contribution in [0.25, 0.3) is 0 Å². The maximum Gasteiger partial charge on any atom is 0.305 e. The Hall–Kier alpha value is -2.41. The third-order valence-corrected chi connectivity index (χ3v) is 3.80. The zero-order valence-electron chi connectivity index (χ0n) is 14.1. The van der Waals surface area contributed by atoms with E-state index in [2.05, 4.69) is 5.32 Å². The van der Waals surface area contributed by atoms with Gasteiger partial charge in [-0.3, -0.25) is 14.4 Å². The Balaban J connectivity index is 2.67. The third-order valence-electron chi connectivity index (χ3n) is 3.80. The molecule has 2 amide bonds. The van der Waals surface area contributed by atoms with Crippen LogP contribution in [0.4, 0.5) is 0 Å². The van der Waals surface area contributed by atoms with Crippen LogP contribution in [0.15, 0.2) is 30.3 Å². The van der Waals surface area contributed by atoms with E-state index in [0.29, 0.717) is 19.4 Å². The molecular weight excluding hydrogens is 310 g/mol. The van der Waals surface area contributed by atoms with Crippen molar-refractivity contribution in [3.8, 4) is 0 Å². The van der Waals surface area contributed by atoms with Gasteiger partial charge in [-0.1, -0.05) is 37.3 Å². The van der Waals surface area contributed by atoms with E-state index in [1.54, 1.807) is 6.92 Å². The largest absolute Gasteiger partial charge is 0.481 e. The highest BCUT2D eigenvalue weighted by Crippen LogP contribution is 2.07. The van der Waals surface area contributed by atoms with Crippen LogP contribution in [0.2, 0.25) is 0 Å². The Morgan fingerprint density at radius 2 is 1.88 bits per heavy atom. The summed E-state index contributed by atoms with van der Waals surface area (Å²) in [5, 5.41) is 11.7. The van der Waals surface area contributed by atoms with Gasteiger partial charge in [0.25, 0.3) is 0 Å². The van der Waals surface area contributed by atoms with Crippen molar-refractivity contribution in [2.45, 2.75) is 38.3 Å². The Kier molecular flexibility index (Phi) is 7.91. The van der Waals surface area contributed by atoms with Crippen molar-refractivity contribution in [1.29, 1.82) is 0 Å². The van der Waals surface area contributed by atoms with E-state index < -0.39 is 36.3 Å². The van der Waals surface area contributed by atoms with Crippen LogP contribution in [0.1, 0.15) is 25.3 Å². The molecule has 0 aliphatic rings. The van der Waals surface area contributed by atoms with Crippen molar-refractivity contribution in [2.24, 2.45) is 5.73 Å². The van der Waals surface area contributed by atoms with Crippen LogP contribution in [-0.2, 0) is 20.8 Å². The maximum absolute atomic E-state index is 12.3. The second-order valence-electron chi connectivity index (χ2n) is 5.60. The molecule has 132 valence electrons. The molecule has 7 nitrogen and oxygen atoms in total. The van der Waals surface area contributed by atoms with Crippen molar-refractivity contribution < 1.29 is 19.5 Å². The van der Waals surface area contributed by atoms with Crippen LogP contribution < -0.4 is 11.1 Å². The second kappa shape index (κ2) is 9.67. The number of nitrogens with two attached hydrogens (primary N) is 1. The van der Waals surface area contributed by atoms with E-state index in [0.717, 1.165) is 10.5 Å². The summed E-state index contributed by atoms with van der Waals surface area (Å²) < 4.78 is 0. The number of carboxylic acid groups (broad SMARTS) is 1. The summed E-state index contributed by atoms with van der Waals surface area (Å²) in [5.74, 6) is -2.09. The van der Waals surface area contributed by atoms with Gasteiger partial charge in [-0.2, -0.15) is 0 Å². The molecule has 0 spiro atoms. The zero-order valence-corrected chi connectivity index (χ0v) is 14.1. The van der Waals surface area contributed by atoms with E-state index in [9.17, 15) is 14.4 Å². The number of carbonyl (C=O) groups is 3. The van der Waals surface area contributed by atoms with Gasteiger partial charge in [-0.25, -0.2) is 0 Å². The molecule has 1 aromatic rings. The lowest BCUT2D eigenvalue weighted by Gasteiger charge is -2.28. The van der Waals surface area contributed by atoms with Gasteiger partial charge in [0.05, 0.1) is 12.5 Å². The molecule has 0 saturated heterocycles. The fourth-order valence-corrected chi connectivity index (χ4v) is 2.25. The molecule has 7 heteroatoms. The Morgan fingerprint density at radius 1 is 1.25 bits per heavy atom. The fourth-order valence-electron chi connectivity index (χ4n) is 2.25. The highest BCUT2D eigenvalue weighted by Gasteiger charge is 2.30. The Labute approximate surface area is 141 Å². The molecule has 0 saturated carbocycles. The number of rotatable bonds is 9. The lowest BCUT2D eigenvalue weighted by atomic mass is 10.1. The standard InChI is InChI=1S/C17H25N3O4/c1-3-13(18)17(24)20(2)14(11-15(21)22)16(23)19-10-9-12-7-5-4-6-8-12/h4-8,13-14H,3,9-11,18H2,1-2H3,(H,19,23)(H,21,22). The summed E-state index contributed by atoms with van der Waals surface area (Å²) in [6.07, 6.45) is 0.576. The predicted molar refractivity (Wildman–Crippen MR) is 90.2 cm³/mol. The molecule has 0 aromatic heterocycles. The van der Waals surface area contributed by atoms with Gasteiger partial charge in [0.15, 0.2) is 0 Å². The maximum atomic E-state index is 12.3. The normalized spacial score (nSPS) is 13.0. The molecule has 0 heterocycles. The molecule has 24 heavy (non-hydrogen) atoms. The summed E-state index contributed by atoms with van der Waals surface area (Å²) in [4.78, 5) is 36.6. The predicted octanol–water partition coefficient (Wildman–Crippen LogP) is 0.384. The second-order valence-corrected chi connectivity index (χ2v) is 5.60. The average Bonchev–Trinajstić information content (AvgIpc) is 2.58. The first-order chi connectivity index (χ1) is 11.4. The van der Waals surface area contributed by atoms with Crippen molar-refractivity contribution >= 4 is 17.8 Å². The molecule has 0 bridgehead atoms. The van der Waals surface area contributed by atoms with Crippen LogP contribution in [0.5, 0.6) is 0 Å². The monoisotopic (exact) mass is 335 g/mol. The SMILES string of the molecule is CCC(N)C(=O)N(C)C(CC(=O)O)C(=O)NCCc1ccccc1. The summed E-state index contributed by atoms with van der Waals surface area (Å²) in [5.41, 5.74) is 6.75. The molecule has 1 aromatic carbocycles. The molecule has 0 aliphatic heterocycles. The van der Waals surface area contributed by atoms with E-state index in [4.69, 9.17) is 10.8 Å². The van der Waals surface area contributed by atoms with E-state index in [1.807, 2.05) is 30.3 Å². The van der Waals surface area contributed by atoms with Crippen LogP contribution in [-0.4, -0.2) is 53.5 Å². The number of aliphatic carboxylic acids is 1. The first-order valence-corrected chi connectivity index (χ1v) is 7.92. The number of nitrogens with one attached hydrogen (secondary N) is 1. The summed E-state index contributed by atoms with van der Waals surface area (Å²) in [6, 6.07) is 7.77. The molecule has 0 radical (unpaired) electrons.